The van der Waals surface area contributed by atoms with Gasteiger partial charge in [-0.15, -0.1) is 0 Å². The van der Waals surface area contributed by atoms with Crippen molar-refractivity contribution in [3.8, 4) is 0 Å². The summed E-state index contributed by atoms with van der Waals surface area (Å²) < 4.78 is 3.46. The zero-order valence-corrected chi connectivity index (χ0v) is 13.3. The molecule has 3 nitrogen and oxygen atoms in total. The SMILES string of the molecule is CN(C)c1ccc(N=Cc2sc3ccccc3[n+]2C)cc1. The largest absolute Gasteiger partial charge is 0.378 e. The maximum atomic E-state index is 4.58. The highest BCUT2D eigenvalue weighted by atomic mass is 32.1. The third-order valence-corrected chi connectivity index (χ3v) is 4.62. The Morgan fingerprint density at radius 3 is 2.43 bits per heavy atom. The molecule has 0 amide bonds. The van der Waals surface area contributed by atoms with Crippen LogP contribution >= 0.6 is 11.3 Å². The number of benzene rings is 2. The van der Waals surface area contributed by atoms with Crippen molar-refractivity contribution in [1.29, 1.82) is 0 Å². The lowest BCUT2D eigenvalue weighted by Gasteiger charge is -2.11. The molecular formula is C17H18N3S+. The van der Waals surface area contributed by atoms with Crippen molar-refractivity contribution in [1.82, 2.24) is 0 Å². The van der Waals surface area contributed by atoms with Gasteiger partial charge < -0.3 is 4.90 Å². The highest BCUT2D eigenvalue weighted by Crippen LogP contribution is 2.20. The number of anilines is 1. The van der Waals surface area contributed by atoms with E-state index in [4.69, 9.17) is 0 Å². The molecule has 2 aromatic carbocycles. The van der Waals surface area contributed by atoms with E-state index < -0.39 is 0 Å². The number of thiazole rings is 1. The van der Waals surface area contributed by atoms with Gasteiger partial charge in [-0.3, -0.25) is 0 Å². The monoisotopic (exact) mass is 296 g/mol. The van der Waals surface area contributed by atoms with Crippen LogP contribution in [0.15, 0.2) is 53.5 Å². The van der Waals surface area contributed by atoms with Crippen LogP contribution in [0.1, 0.15) is 5.01 Å². The lowest BCUT2D eigenvalue weighted by Crippen LogP contribution is -2.30. The lowest BCUT2D eigenvalue weighted by molar-refractivity contribution is -0.641. The molecule has 0 aliphatic heterocycles. The number of fused-ring (bicyclic) bond motifs is 1. The van der Waals surface area contributed by atoms with Crippen LogP contribution in [0, 0.1) is 0 Å². The molecule has 0 unspecified atom stereocenters. The Hall–Kier alpha value is -2.20. The van der Waals surface area contributed by atoms with Gasteiger partial charge in [0.05, 0.1) is 5.69 Å². The van der Waals surface area contributed by atoms with Gasteiger partial charge in [0.2, 0.25) is 5.52 Å². The summed E-state index contributed by atoms with van der Waals surface area (Å²) >= 11 is 1.76. The number of aromatic nitrogens is 1. The fourth-order valence-corrected chi connectivity index (χ4v) is 3.22. The predicted molar refractivity (Wildman–Crippen MR) is 91.0 cm³/mol. The molecule has 4 heteroatoms. The van der Waals surface area contributed by atoms with E-state index in [1.807, 2.05) is 32.4 Å². The van der Waals surface area contributed by atoms with Crippen LogP contribution in [0.3, 0.4) is 0 Å². The van der Waals surface area contributed by atoms with E-state index in [2.05, 4.69) is 57.9 Å². The van der Waals surface area contributed by atoms with Gasteiger partial charge in [-0.25, -0.2) is 4.99 Å². The standard InChI is InChI=1S/C17H18N3S/c1-19(2)14-10-8-13(9-11-14)18-12-17-20(3)15-6-4-5-7-16(15)21-17/h4-12H,1-3H3/q+1. The number of para-hydroxylation sites is 1. The molecule has 0 radical (unpaired) electrons. The van der Waals surface area contributed by atoms with Crippen LogP contribution in [-0.4, -0.2) is 20.3 Å². The highest BCUT2D eigenvalue weighted by molar-refractivity contribution is 7.19. The highest BCUT2D eigenvalue weighted by Gasteiger charge is 2.13. The Labute approximate surface area is 128 Å². The van der Waals surface area contributed by atoms with E-state index >= 15 is 0 Å². The van der Waals surface area contributed by atoms with Crippen molar-refractivity contribution >= 4 is 39.1 Å². The van der Waals surface area contributed by atoms with Crippen molar-refractivity contribution < 1.29 is 4.57 Å². The molecule has 1 aromatic heterocycles. The number of hydrogen-bond donors (Lipinski definition) is 0. The summed E-state index contributed by atoms with van der Waals surface area (Å²) in [6, 6.07) is 16.7. The molecule has 3 aromatic rings. The Morgan fingerprint density at radius 2 is 1.76 bits per heavy atom. The Bertz CT molecular complexity index is 785. The molecule has 0 bridgehead atoms. The maximum Gasteiger partial charge on any atom is 0.281 e. The molecule has 106 valence electrons. The lowest BCUT2D eigenvalue weighted by atomic mass is 10.3. The maximum absolute atomic E-state index is 4.58. The van der Waals surface area contributed by atoms with Crippen LogP contribution in [0.2, 0.25) is 0 Å². The molecule has 1 heterocycles. The second-order valence-electron chi connectivity index (χ2n) is 5.14. The molecule has 0 saturated heterocycles. The minimum atomic E-state index is 0.970. The third-order valence-electron chi connectivity index (χ3n) is 3.46. The molecule has 0 spiro atoms. The van der Waals surface area contributed by atoms with Crippen LogP contribution < -0.4 is 9.47 Å². The van der Waals surface area contributed by atoms with E-state index in [1.165, 1.54) is 15.9 Å². The van der Waals surface area contributed by atoms with E-state index in [1.54, 1.807) is 11.3 Å². The first-order valence-electron chi connectivity index (χ1n) is 6.84. The number of aryl methyl sites for hydroxylation is 1. The summed E-state index contributed by atoms with van der Waals surface area (Å²) in [5, 5.41) is 1.15. The van der Waals surface area contributed by atoms with Gasteiger partial charge in [-0.1, -0.05) is 23.5 Å². The van der Waals surface area contributed by atoms with Gasteiger partial charge in [-0.05, 0) is 30.3 Å². The van der Waals surface area contributed by atoms with Gasteiger partial charge in [-0.2, -0.15) is 4.57 Å². The van der Waals surface area contributed by atoms with Crippen LogP contribution in [0.25, 0.3) is 10.2 Å². The van der Waals surface area contributed by atoms with Gasteiger partial charge in [0.15, 0.2) is 0 Å². The summed E-state index contributed by atoms with van der Waals surface area (Å²) in [5.74, 6) is 0. The Kier molecular flexibility index (Phi) is 3.71. The van der Waals surface area contributed by atoms with Crippen LogP contribution in [-0.2, 0) is 7.05 Å². The zero-order valence-electron chi connectivity index (χ0n) is 12.4. The van der Waals surface area contributed by atoms with Gasteiger partial charge >= 0.3 is 0 Å². The second-order valence-corrected chi connectivity index (χ2v) is 6.20. The first-order chi connectivity index (χ1) is 10.1. The van der Waals surface area contributed by atoms with Crippen molar-refractivity contribution in [3.05, 3.63) is 53.5 Å². The normalized spacial score (nSPS) is 11.4. The average molecular weight is 296 g/mol. The quantitative estimate of drug-likeness (QED) is 0.534. The Balaban J connectivity index is 1.89. The summed E-state index contributed by atoms with van der Waals surface area (Å²) in [5.41, 5.74) is 3.39. The van der Waals surface area contributed by atoms with Crippen LogP contribution in [0.4, 0.5) is 11.4 Å². The molecule has 0 aliphatic rings. The van der Waals surface area contributed by atoms with Gasteiger partial charge in [0, 0.05) is 25.8 Å². The summed E-state index contributed by atoms with van der Waals surface area (Å²) in [7, 11) is 6.15. The molecule has 0 saturated carbocycles. The zero-order chi connectivity index (χ0) is 14.8. The van der Waals surface area contributed by atoms with E-state index in [-0.39, 0.29) is 0 Å². The molecule has 0 atom stereocenters. The third kappa shape index (κ3) is 2.81. The number of hydrogen-bond acceptors (Lipinski definition) is 3. The fourth-order valence-electron chi connectivity index (χ4n) is 2.20. The van der Waals surface area contributed by atoms with E-state index in [0.717, 1.165) is 10.7 Å². The minimum absolute atomic E-state index is 0.970. The van der Waals surface area contributed by atoms with E-state index in [9.17, 15) is 0 Å². The Morgan fingerprint density at radius 1 is 1.05 bits per heavy atom. The molecule has 21 heavy (non-hydrogen) atoms. The first-order valence-corrected chi connectivity index (χ1v) is 7.66. The number of aliphatic imine (C=N–C) groups is 1. The van der Waals surface area contributed by atoms with Crippen molar-refractivity contribution in [2.45, 2.75) is 0 Å². The van der Waals surface area contributed by atoms with Gasteiger partial charge in [0.25, 0.3) is 5.01 Å². The molecule has 0 N–H and O–H groups in total. The topological polar surface area (TPSA) is 19.5 Å². The minimum Gasteiger partial charge on any atom is -0.378 e. The molecular weight excluding hydrogens is 278 g/mol. The average Bonchev–Trinajstić information content (AvgIpc) is 2.82. The summed E-state index contributed by atoms with van der Waals surface area (Å²) in [4.78, 5) is 6.66. The molecule has 3 rings (SSSR count). The predicted octanol–water partition coefficient (Wildman–Crippen LogP) is 3.54. The fraction of sp³-hybridized carbons (Fsp3) is 0.176. The molecule has 0 aliphatic carbocycles. The molecule has 0 fully saturated rings. The second kappa shape index (κ2) is 5.66. The van der Waals surface area contributed by atoms with Crippen LogP contribution in [0.5, 0.6) is 0 Å². The summed E-state index contributed by atoms with van der Waals surface area (Å²) in [6.07, 6.45) is 1.94. The van der Waals surface area contributed by atoms with Crippen molar-refractivity contribution in [3.63, 3.8) is 0 Å². The number of nitrogens with zero attached hydrogens (tertiary/aromatic N) is 3. The van der Waals surface area contributed by atoms with Crippen molar-refractivity contribution in [2.24, 2.45) is 12.0 Å². The first kappa shape index (κ1) is 13.8. The van der Waals surface area contributed by atoms with Crippen molar-refractivity contribution in [2.75, 3.05) is 19.0 Å². The number of rotatable bonds is 3. The summed E-state index contributed by atoms with van der Waals surface area (Å²) in [6.45, 7) is 0. The van der Waals surface area contributed by atoms with E-state index in [0.29, 0.717) is 0 Å². The van der Waals surface area contributed by atoms with Gasteiger partial charge in [0.1, 0.15) is 18.0 Å². The smallest absolute Gasteiger partial charge is 0.281 e.